The summed E-state index contributed by atoms with van der Waals surface area (Å²) in [6.45, 7) is 0. The first-order valence-corrected chi connectivity index (χ1v) is 6.89. The Bertz CT molecular complexity index is 643. The number of esters is 1. The van der Waals surface area contributed by atoms with E-state index < -0.39 is 11.8 Å². The highest BCUT2D eigenvalue weighted by Crippen LogP contribution is 2.23. The first-order valence-electron chi connectivity index (χ1n) is 5.60. The second-order valence-electron chi connectivity index (χ2n) is 3.71. The van der Waals surface area contributed by atoms with Crippen LogP contribution in [0.2, 0.25) is 0 Å². The van der Waals surface area contributed by atoms with Crippen molar-refractivity contribution in [3.63, 3.8) is 0 Å². The van der Waals surface area contributed by atoms with E-state index in [2.05, 4.69) is 15.4 Å². The zero-order chi connectivity index (χ0) is 14.5. The maximum absolute atomic E-state index is 13.5. The van der Waals surface area contributed by atoms with Gasteiger partial charge in [0, 0.05) is 0 Å². The third kappa shape index (κ3) is 3.31. The van der Waals surface area contributed by atoms with Gasteiger partial charge in [-0.15, -0.1) is 11.3 Å². The molecule has 2 N–H and O–H groups in total. The largest absolute Gasteiger partial charge is 0.465 e. The standard InChI is InChI=1S/C13H11FN2O2S2/c1-18-12(17)11-10(6-7-20-11)16-13(19)15-9-5-3-2-4-8(9)14/h2-7H,1H3,(H2,15,16,19). The number of benzene rings is 1. The van der Waals surface area contributed by atoms with Crippen molar-refractivity contribution in [1.82, 2.24) is 0 Å². The van der Waals surface area contributed by atoms with Gasteiger partial charge in [-0.1, -0.05) is 12.1 Å². The molecular formula is C13H11FN2O2S2. The average Bonchev–Trinajstić information content (AvgIpc) is 2.88. The third-order valence-corrected chi connectivity index (χ3v) is 3.50. The summed E-state index contributed by atoms with van der Waals surface area (Å²) in [7, 11) is 1.31. The molecule has 1 heterocycles. The fourth-order valence-corrected chi connectivity index (χ4v) is 2.48. The molecule has 0 amide bonds. The molecule has 0 atom stereocenters. The molecule has 0 bridgehead atoms. The lowest BCUT2D eigenvalue weighted by Gasteiger charge is -2.11. The highest BCUT2D eigenvalue weighted by atomic mass is 32.1. The molecule has 0 fully saturated rings. The van der Waals surface area contributed by atoms with E-state index >= 15 is 0 Å². The first-order chi connectivity index (χ1) is 9.61. The van der Waals surface area contributed by atoms with Gasteiger partial charge in [0.1, 0.15) is 10.7 Å². The summed E-state index contributed by atoms with van der Waals surface area (Å²) in [5, 5.41) is 7.50. The molecule has 0 aliphatic rings. The molecule has 2 aromatic rings. The number of para-hydroxylation sites is 1. The highest BCUT2D eigenvalue weighted by molar-refractivity contribution is 7.80. The number of carbonyl (C=O) groups excluding carboxylic acids is 1. The van der Waals surface area contributed by atoms with E-state index in [1.54, 1.807) is 29.6 Å². The molecule has 20 heavy (non-hydrogen) atoms. The van der Waals surface area contributed by atoms with Crippen LogP contribution < -0.4 is 10.6 Å². The minimum Gasteiger partial charge on any atom is -0.465 e. The van der Waals surface area contributed by atoms with Crippen LogP contribution >= 0.6 is 23.6 Å². The van der Waals surface area contributed by atoms with Crippen molar-refractivity contribution in [1.29, 1.82) is 0 Å². The Balaban J connectivity index is 2.08. The highest BCUT2D eigenvalue weighted by Gasteiger charge is 2.14. The zero-order valence-electron chi connectivity index (χ0n) is 10.5. The summed E-state index contributed by atoms with van der Waals surface area (Å²) < 4.78 is 18.1. The lowest BCUT2D eigenvalue weighted by atomic mass is 10.3. The third-order valence-electron chi connectivity index (χ3n) is 2.41. The van der Waals surface area contributed by atoms with Gasteiger partial charge in [-0.25, -0.2) is 9.18 Å². The van der Waals surface area contributed by atoms with Crippen LogP contribution in [0.15, 0.2) is 35.7 Å². The van der Waals surface area contributed by atoms with Gasteiger partial charge in [0.15, 0.2) is 5.11 Å². The lowest BCUT2D eigenvalue weighted by Crippen LogP contribution is -2.20. The van der Waals surface area contributed by atoms with Crippen LogP contribution in [0.5, 0.6) is 0 Å². The maximum atomic E-state index is 13.5. The van der Waals surface area contributed by atoms with Crippen LogP contribution in [0.4, 0.5) is 15.8 Å². The molecule has 0 aliphatic carbocycles. The van der Waals surface area contributed by atoms with Crippen molar-refractivity contribution < 1.29 is 13.9 Å². The Labute approximate surface area is 124 Å². The molecule has 0 saturated carbocycles. The molecule has 0 spiro atoms. The van der Waals surface area contributed by atoms with Gasteiger partial charge in [0.25, 0.3) is 0 Å². The van der Waals surface area contributed by atoms with Crippen LogP contribution in [0.1, 0.15) is 9.67 Å². The predicted molar refractivity (Wildman–Crippen MR) is 81.9 cm³/mol. The summed E-state index contributed by atoms with van der Waals surface area (Å²) >= 11 is 6.32. The van der Waals surface area contributed by atoms with E-state index in [4.69, 9.17) is 12.2 Å². The molecular weight excluding hydrogens is 299 g/mol. The van der Waals surface area contributed by atoms with Crippen molar-refractivity contribution in [2.75, 3.05) is 17.7 Å². The van der Waals surface area contributed by atoms with Crippen molar-refractivity contribution in [2.24, 2.45) is 0 Å². The van der Waals surface area contributed by atoms with Crippen LogP contribution in [0, 0.1) is 5.82 Å². The van der Waals surface area contributed by atoms with Crippen molar-refractivity contribution in [2.45, 2.75) is 0 Å². The number of hydrogen-bond donors (Lipinski definition) is 2. The molecule has 0 aliphatic heterocycles. The van der Waals surface area contributed by atoms with Gasteiger partial charge in [-0.3, -0.25) is 0 Å². The Hall–Kier alpha value is -1.99. The van der Waals surface area contributed by atoms with Crippen LogP contribution in [0.25, 0.3) is 0 Å². The Kier molecular flexibility index (Phi) is 4.65. The zero-order valence-corrected chi connectivity index (χ0v) is 12.1. The normalized spacial score (nSPS) is 9.90. The van der Waals surface area contributed by atoms with E-state index in [0.717, 1.165) is 0 Å². The number of halogens is 1. The molecule has 4 nitrogen and oxygen atoms in total. The van der Waals surface area contributed by atoms with Crippen molar-refractivity contribution in [3.05, 3.63) is 46.4 Å². The summed E-state index contributed by atoms with van der Waals surface area (Å²) in [6.07, 6.45) is 0. The van der Waals surface area contributed by atoms with Gasteiger partial charge in [-0.2, -0.15) is 0 Å². The minimum atomic E-state index is -0.448. The SMILES string of the molecule is COC(=O)c1sccc1NC(=S)Nc1ccccc1F. The van der Waals surface area contributed by atoms with Gasteiger partial charge in [0.05, 0.1) is 18.5 Å². The van der Waals surface area contributed by atoms with Crippen molar-refractivity contribution >= 4 is 46.0 Å². The molecule has 104 valence electrons. The molecule has 1 aromatic carbocycles. The monoisotopic (exact) mass is 310 g/mol. The number of nitrogens with one attached hydrogen (secondary N) is 2. The molecule has 0 radical (unpaired) electrons. The summed E-state index contributed by atoms with van der Waals surface area (Å²) in [5.41, 5.74) is 0.788. The number of thiophene rings is 1. The number of methoxy groups -OCH3 is 1. The second kappa shape index (κ2) is 6.44. The number of anilines is 2. The smallest absolute Gasteiger partial charge is 0.350 e. The van der Waals surface area contributed by atoms with Crippen molar-refractivity contribution in [3.8, 4) is 0 Å². The van der Waals surface area contributed by atoms with Gasteiger partial charge in [-0.05, 0) is 35.8 Å². The summed E-state index contributed by atoms with van der Waals surface area (Å²) in [6, 6.07) is 7.88. The summed E-state index contributed by atoms with van der Waals surface area (Å²) in [4.78, 5) is 11.9. The predicted octanol–water partition coefficient (Wildman–Crippen LogP) is 3.48. The van der Waals surface area contributed by atoms with E-state index in [0.29, 0.717) is 10.6 Å². The number of thiocarbonyl (C=S) groups is 1. The molecule has 1 aromatic heterocycles. The van der Waals surface area contributed by atoms with Gasteiger partial charge < -0.3 is 15.4 Å². The summed E-state index contributed by atoms with van der Waals surface area (Å²) in [5.74, 6) is -0.855. The quantitative estimate of drug-likeness (QED) is 0.671. The number of carbonyl (C=O) groups is 1. The Morgan fingerprint density at radius 1 is 1.25 bits per heavy atom. The van der Waals surface area contributed by atoms with Crippen LogP contribution in [-0.2, 0) is 4.74 Å². The number of rotatable bonds is 3. The maximum Gasteiger partial charge on any atom is 0.350 e. The Morgan fingerprint density at radius 3 is 2.65 bits per heavy atom. The van der Waals surface area contributed by atoms with E-state index in [1.807, 2.05) is 0 Å². The second-order valence-corrected chi connectivity index (χ2v) is 5.04. The topological polar surface area (TPSA) is 50.4 Å². The lowest BCUT2D eigenvalue weighted by molar-refractivity contribution is 0.0607. The average molecular weight is 310 g/mol. The van der Waals surface area contributed by atoms with E-state index in [-0.39, 0.29) is 10.8 Å². The van der Waals surface area contributed by atoms with E-state index in [9.17, 15) is 9.18 Å². The van der Waals surface area contributed by atoms with E-state index in [1.165, 1.54) is 24.5 Å². The fraction of sp³-hybridized carbons (Fsp3) is 0.0769. The minimum absolute atomic E-state index is 0.193. The number of ether oxygens (including phenoxy) is 1. The Morgan fingerprint density at radius 2 is 1.95 bits per heavy atom. The molecule has 0 unspecified atom stereocenters. The van der Waals surface area contributed by atoms with Crippen LogP contribution in [-0.4, -0.2) is 18.2 Å². The van der Waals surface area contributed by atoms with Crippen LogP contribution in [0.3, 0.4) is 0 Å². The molecule has 2 rings (SSSR count). The number of hydrogen-bond acceptors (Lipinski definition) is 4. The molecule has 0 saturated heterocycles. The first kappa shape index (κ1) is 14.4. The fourth-order valence-electron chi connectivity index (χ4n) is 1.50. The molecule has 7 heteroatoms. The van der Waals surface area contributed by atoms with Gasteiger partial charge in [0.2, 0.25) is 0 Å². The van der Waals surface area contributed by atoms with Gasteiger partial charge >= 0.3 is 5.97 Å².